The normalized spacial score (nSPS) is 32.2. The Kier molecular flexibility index (Phi) is 3.78. The lowest BCUT2D eigenvalue weighted by atomic mass is 9.78. The van der Waals surface area contributed by atoms with Crippen LogP contribution in [0.5, 0.6) is 0 Å². The van der Waals surface area contributed by atoms with Crippen LogP contribution in [0.2, 0.25) is 0 Å². The minimum absolute atomic E-state index is 0.0922. The second-order valence-electron chi connectivity index (χ2n) is 6.89. The highest BCUT2D eigenvalue weighted by Gasteiger charge is 2.46. The summed E-state index contributed by atoms with van der Waals surface area (Å²) in [7, 11) is 0. The maximum absolute atomic E-state index is 12.3. The Morgan fingerprint density at radius 3 is 3.09 bits per heavy atom. The van der Waals surface area contributed by atoms with Crippen LogP contribution in [-0.2, 0) is 9.53 Å². The number of hydrogen-bond donors (Lipinski definition) is 1. The first kappa shape index (κ1) is 14.4. The molecule has 2 aliphatic heterocycles. The molecule has 22 heavy (non-hydrogen) atoms. The molecule has 1 N–H and O–H groups in total. The number of piperidine rings is 1. The van der Waals surface area contributed by atoms with Crippen molar-refractivity contribution in [2.75, 3.05) is 24.6 Å². The molecular formula is C15H22N4O2S. The summed E-state index contributed by atoms with van der Waals surface area (Å²) in [5, 5.41) is 12.2. The monoisotopic (exact) mass is 322 g/mol. The van der Waals surface area contributed by atoms with Gasteiger partial charge in [0.15, 0.2) is 0 Å². The van der Waals surface area contributed by atoms with Gasteiger partial charge in [-0.15, -0.1) is 10.2 Å². The van der Waals surface area contributed by atoms with Crippen molar-refractivity contribution in [2.24, 2.45) is 5.41 Å². The number of carbonyl (C=O) groups is 1. The van der Waals surface area contributed by atoms with E-state index in [1.165, 1.54) is 6.42 Å². The highest BCUT2D eigenvalue weighted by atomic mass is 32.1. The molecule has 6 nitrogen and oxygen atoms in total. The van der Waals surface area contributed by atoms with E-state index in [0.717, 1.165) is 50.3 Å². The molecule has 1 aromatic rings. The third kappa shape index (κ3) is 2.72. The fourth-order valence-electron chi connectivity index (χ4n) is 3.76. The lowest BCUT2D eigenvalue weighted by Crippen LogP contribution is -2.46. The van der Waals surface area contributed by atoms with E-state index in [-0.39, 0.29) is 17.4 Å². The van der Waals surface area contributed by atoms with Gasteiger partial charge in [-0.2, -0.15) is 0 Å². The molecule has 7 heteroatoms. The smallest absolute Gasteiger partial charge is 0.249 e. The van der Waals surface area contributed by atoms with E-state index < -0.39 is 0 Å². The summed E-state index contributed by atoms with van der Waals surface area (Å²) < 4.78 is 5.87. The Hall–Kier alpha value is -1.21. The van der Waals surface area contributed by atoms with Crippen molar-refractivity contribution in [1.82, 2.24) is 15.5 Å². The number of aromatic nitrogens is 2. The predicted molar refractivity (Wildman–Crippen MR) is 83.9 cm³/mol. The first-order chi connectivity index (χ1) is 10.7. The summed E-state index contributed by atoms with van der Waals surface area (Å²) in [4.78, 5) is 14.6. The van der Waals surface area contributed by atoms with E-state index in [9.17, 15) is 4.79 Å². The van der Waals surface area contributed by atoms with Crippen LogP contribution in [0.1, 0.15) is 38.5 Å². The van der Waals surface area contributed by atoms with E-state index in [4.69, 9.17) is 4.74 Å². The number of carbonyl (C=O) groups excluding carboxylic acids is 1. The molecule has 2 saturated heterocycles. The number of ether oxygens (including phenoxy) is 1. The molecule has 1 saturated carbocycles. The second kappa shape index (κ2) is 5.77. The predicted octanol–water partition coefficient (Wildman–Crippen LogP) is 1.58. The lowest BCUT2D eigenvalue weighted by molar-refractivity contribution is -0.131. The van der Waals surface area contributed by atoms with Crippen LogP contribution < -0.4 is 10.2 Å². The third-order valence-electron chi connectivity index (χ3n) is 5.23. The number of hydrogen-bond acceptors (Lipinski definition) is 6. The molecule has 2 atom stereocenters. The molecule has 3 aliphatic rings. The minimum Gasteiger partial charge on any atom is -0.368 e. The highest BCUT2D eigenvalue weighted by Crippen LogP contribution is 2.42. The Balaban J connectivity index is 1.38. The zero-order valence-electron chi connectivity index (χ0n) is 12.7. The average Bonchev–Trinajstić information content (AvgIpc) is 3.13. The zero-order valence-corrected chi connectivity index (χ0v) is 13.5. The first-order valence-corrected chi connectivity index (χ1v) is 9.05. The topological polar surface area (TPSA) is 67.4 Å². The van der Waals surface area contributed by atoms with Crippen molar-refractivity contribution in [1.29, 1.82) is 0 Å². The van der Waals surface area contributed by atoms with Crippen LogP contribution in [0, 0.1) is 5.41 Å². The molecule has 4 rings (SSSR count). The summed E-state index contributed by atoms with van der Waals surface area (Å²) in [5.41, 5.74) is 1.88. The van der Waals surface area contributed by atoms with Gasteiger partial charge in [0.05, 0.1) is 6.61 Å². The van der Waals surface area contributed by atoms with E-state index in [1.807, 2.05) is 0 Å². The fourth-order valence-corrected chi connectivity index (χ4v) is 4.35. The van der Waals surface area contributed by atoms with Crippen molar-refractivity contribution in [3.8, 4) is 0 Å². The molecule has 120 valence electrons. The Morgan fingerprint density at radius 2 is 2.36 bits per heavy atom. The maximum atomic E-state index is 12.3. The van der Waals surface area contributed by atoms with Gasteiger partial charge in [0, 0.05) is 24.5 Å². The van der Waals surface area contributed by atoms with Gasteiger partial charge in [-0.3, -0.25) is 4.79 Å². The summed E-state index contributed by atoms with van der Waals surface area (Å²) >= 11 is 1.58. The first-order valence-electron chi connectivity index (χ1n) is 8.17. The molecule has 0 radical (unpaired) electrons. The molecule has 3 fully saturated rings. The number of anilines is 1. The van der Waals surface area contributed by atoms with Gasteiger partial charge in [-0.25, -0.2) is 0 Å². The van der Waals surface area contributed by atoms with Crippen LogP contribution >= 0.6 is 11.3 Å². The van der Waals surface area contributed by atoms with Gasteiger partial charge < -0.3 is 15.0 Å². The van der Waals surface area contributed by atoms with Crippen LogP contribution in [0.25, 0.3) is 0 Å². The highest BCUT2D eigenvalue weighted by molar-refractivity contribution is 7.13. The van der Waals surface area contributed by atoms with Crippen molar-refractivity contribution in [3.63, 3.8) is 0 Å². The van der Waals surface area contributed by atoms with Crippen molar-refractivity contribution in [2.45, 2.75) is 50.7 Å². The molecule has 0 bridgehead atoms. The van der Waals surface area contributed by atoms with Gasteiger partial charge in [0.25, 0.3) is 0 Å². The molecule has 0 unspecified atom stereocenters. The molecular weight excluding hydrogens is 300 g/mol. The van der Waals surface area contributed by atoms with Crippen LogP contribution in [-0.4, -0.2) is 47.9 Å². The van der Waals surface area contributed by atoms with E-state index >= 15 is 0 Å². The van der Waals surface area contributed by atoms with Crippen LogP contribution in [0.3, 0.4) is 0 Å². The Labute approximate surface area is 134 Å². The van der Waals surface area contributed by atoms with E-state index in [1.54, 1.807) is 16.8 Å². The molecule has 1 aliphatic carbocycles. The average molecular weight is 322 g/mol. The van der Waals surface area contributed by atoms with Crippen molar-refractivity contribution in [3.05, 3.63) is 5.51 Å². The summed E-state index contributed by atoms with van der Waals surface area (Å²) in [6.07, 6.45) is 6.30. The van der Waals surface area contributed by atoms with Gasteiger partial charge in [-0.05, 0) is 38.5 Å². The largest absolute Gasteiger partial charge is 0.368 e. The minimum atomic E-state index is -0.269. The SMILES string of the molecule is O=C(NC1CCC1)[C@@H]1C[C@]2(CCCN(c3nncs3)C2)CO1. The molecule has 3 heterocycles. The van der Waals surface area contributed by atoms with Crippen LogP contribution in [0.15, 0.2) is 5.51 Å². The maximum Gasteiger partial charge on any atom is 0.249 e. The van der Waals surface area contributed by atoms with Gasteiger partial charge in [-0.1, -0.05) is 11.3 Å². The zero-order chi connectivity index (χ0) is 15.0. The number of rotatable bonds is 3. The molecule has 1 aromatic heterocycles. The molecule has 1 spiro atoms. The summed E-state index contributed by atoms with van der Waals surface area (Å²) in [6.45, 7) is 2.64. The standard InChI is InChI=1S/C15H22N4O2S/c20-13(17-11-3-1-4-11)12-7-15(9-21-12)5-2-6-19(8-15)14-18-16-10-22-14/h10-12H,1-9H2,(H,17,20)/t12-,15-/m0/s1. The summed E-state index contributed by atoms with van der Waals surface area (Å²) in [6, 6.07) is 0.386. The Morgan fingerprint density at radius 1 is 1.45 bits per heavy atom. The van der Waals surface area contributed by atoms with Crippen LogP contribution in [0.4, 0.5) is 5.13 Å². The quantitative estimate of drug-likeness (QED) is 0.915. The second-order valence-corrected chi connectivity index (χ2v) is 7.70. The van der Waals surface area contributed by atoms with E-state index in [2.05, 4.69) is 20.4 Å². The Bertz CT molecular complexity index is 534. The van der Waals surface area contributed by atoms with E-state index in [0.29, 0.717) is 12.6 Å². The fraction of sp³-hybridized carbons (Fsp3) is 0.800. The van der Waals surface area contributed by atoms with Gasteiger partial charge in [0.2, 0.25) is 11.0 Å². The molecule has 0 aromatic carbocycles. The van der Waals surface area contributed by atoms with Gasteiger partial charge in [0.1, 0.15) is 11.6 Å². The summed E-state index contributed by atoms with van der Waals surface area (Å²) in [5.74, 6) is 0.0922. The number of amides is 1. The lowest BCUT2D eigenvalue weighted by Gasteiger charge is -2.39. The number of nitrogens with zero attached hydrogens (tertiary/aromatic N) is 3. The van der Waals surface area contributed by atoms with Gasteiger partial charge >= 0.3 is 0 Å². The third-order valence-corrected chi connectivity index (χ3v) is 5.98. The number of nitrogens with one attached hydrogen (secondary N) is 1. The molecule has 1 amide bonds. The van der Waals surface area contributed by atoms with Crippen molar-refractivity contribution < 1.29 is 9.53 Å². The van der Waals surface area contributed by atoms with Crippen molar-refractivity contribution >= 4 is 22.4 Å².